The molecule has 0 spiro atoms. The van der Waals surface area contributed by atoms with Crippen LogP contribution in [0.1, 0.15) is 51.1 Å². The van der Waals surface area contributed by atoms with Gasteiger partial charge in [-0.05, 0) is 19.4 Å². The maximum atomic E-state index is 12.6. The highest BCUT2D eigenvalue weighted by Gasteiger charge is 2.17. The van der Waals surface area contributed by atoms with E-state index >= 15 is 0 Å². The van der Waals surface area contributed by atoms with Crippen LogP contribution in [-0.4, -0.2) is 24.1 Å². The fourth-order valence-electron chi connectivity index (χ4n) is 3.52. The van der Waals surface area contributed by atoms with Crippen molar-refractivity contribution in [2.75, 3.05) is 10.5 Å². The second-order valence-corrected chi connectivity index (χ2v) is 9.50. The molecule has 0 saturated carbocycles. The fourth-order valence-corrected chi connectivity index (χ4v) is 4.72. The minimum Gasteiger partial charge on any atom is -0.342 e. The van der Waals surface area contributed by atoms with Crippen LogP contribution in [0.3, 0.4) is 0 Å². The molecule has 5 nitrogen and oxygen atoms in total. The van der Waals surface area contributed by atoms with E-state index in [9.17, 15) is 8.42 Å². The van der Waals surface area contributed by atoms with Gasteiger partial charge in [0.2, 0.25) is 10.0 Å². The summed E-state index contributed by atoms with van der Waals surface area (Å²) in [5.41, 5.74) is 3.99. The number of nitrogens with one attached hydrogen (secondary N) is 2. The molecule has 6 heteroatoms. The van der Waals surface area contributed by atoms with Gasteiger partial charge in [0.15, 0.2) is 0 Å². The van der Waals surface area contributed by atoms with E-state index in [-0.39, 0.29) is 5.75 Å². The first-order valence-electron chi connectivity index (χ1n) is 10.7. The van der Waals surface area contributed by atoms with Crippen LogP contribution in [0.5, 0.6) is 0 Å². The molecule has 160 valence electrons. The first-order chi connectivity index (χ1) is 14.5. The minimum atomic E-state index is -3.40. The van der Waals surface area contributed by atoms with Gasteiger partial charge in [-0.1, -0.05) is 87.6 Å². The van der Waals surface area contributed by atoms with Gasteiger partial charge in [-0.3, -0.25) is 4.72 Å². The van der Waals surface area contributed by atoms with Crippen LogP contribution >= 0.6 is 0 Å². The Balaban J connectivity index is 1.74. The van der Waals surface area contributed by atoms with Crippen molar-refractivity contribution in [3.63, 3.8) is 0 Å². The zero-order chi connectivity index (χ0) is 21.4. The summed E-state index contributed by atoms with van der Waals surface area (Å²) in [6, 6.07) is 17.3. The Kier molecular flexibility index (Phi) is 7.69. The number of sulfonamides is 1. The van der Waals surface area contributed by atoms with E-state index in [1.54, 1.807) is 6.07 Å². The molecule has 30 heavy (non-hydrogen) atoms. The second kappa shape index (κ2) is 10.4. The Labute approximate surface area is 180 Å². The molecule has 0 amide bonds. The first-order valence-corrected chi connectivity index (χ1v) is 12.4. The Morgan fingerprint density at radius 1 is 0.900 bits per heavy atom. The fraction of sp³-hybridized carbons (Fsp3) is 0.375. The summed E-state index contributed by atoms with van der Waals surface area (Å²) in [5.74, 6) is 0.912. The number of imidazole rings is 1. The van der Waals surface area contributed by atoms with E-state index in [1.807, 2.05) is 55.5 Å². The van der Waals surface area contributed by atoms with Crippen molar-refractivity contribution in [1.82, 2.24) is 9.97 Å². The van der Waals surface area contributed by atoms with Crippen molar-refractivity contribution in [2.45, 2.75) is 52.4 Å². The smallest absolute Gasteiger partial charge is 0.232 e. The number of para-hydroxylation sites is 1. The molecule has 0 aliphatic rings. The number of unbranched alkanes of at least 4 members (excludes halogenated alkanes) is 5. The minimum absolute atomic E-state index is 0.141. The molecule has 0 unspecified atom stereocenters. The predicted octanol–water partition coefficient (Wildman–Crippen LogP) is 6.15. The van der Waals surface area contributed by atoms with E-state index in [0.717, 1.165) is 41.2 Å². The van der Waals surface area contributed by atoms with Crippen LogP contribution in [0.2, 0.25) is 0 Å². The molecule has 2 N–H and O–H groups in total. The van der Waals surface area contributed by atoms with E-state index < -0.39 is 10.0 Å². The first kappa shape index (κ1) is 22.1. The molecule has 0 radical (unpaired) electrons. The van der Waals surface area contributed by atoms with Crippen molar-refractivity contribution in [1.29, 1.82) is 0 Å². The lowest BCUT2D eigenvalue weighted by molar-refractivity contribution is 0.588. The van der Waals surface area contributed by atoms with E-state index in [0.29, 0.717) is 12.1 Å². The van der Waals surface area contributed by atoms with E-state index in [4.69, 9.17) is 4.98 Å². The molecule has 0 atom stereocenters. The van der Waals surface area contributed by atoms with Gasteiger partial charge in [0, 0.05) is 16.8 Å². The van der Waals surface area contributed by atoms with Crippen LogP contribution in [0, 0.1) is 6.92 Å². The Morgan fingerprint density at radius 3 is 2.33 bits per heavy atom. The van der Waals surface area contributed by atoms with Crippen molar-refractivity contribution >= 4 is 15.7 Å². The van der Waals surface area contributed by atoms with Crippen molar-refractivity contribution in [2.24, 2.45) is 0 Å². The number of H-pyrrole nitrogens is 1. The van der Waals surface area contributed by atoms with E-state index in [1.165, 1.54) is 19.3 Å². The third kappa shape index (κ3) is 5.95. The SMILES string of the molecule is CCCCCCCCS(=O)(=O)Nc1ccccc1-c1nc(-c2ccccc2)[nH]c1C. The molecule has 0 aliphatic carbocycles. The number of anilines is 1. The van der Waals surface area contributed by atoms with Gasteiger partial charge >= 0.3 is 0 Å². The third-order valence-electron chi connectivity index (χ3n) is 5.15. The molecule has 0 fully saturated rings. The maximum Gasteiger partial charge on any atom is 0.232 e. The van der Waals surface area contributed by atoms with Crippen molar-refractivity contribution in [3.05, 3.63) is 60.3 Å². The molecular weight excluding hydrogens is 394 g/mol. The van der Waals surface area contributed by atoms with E-state index in [2.05, 4.69) is 16.6 Å². The number of benzene rings is 2. The molecule has 0 aliphatic heterocycles. The highest BCUT2D eigenvalue weighted by atomic mass is 32.2. The maximum absolute atomic E-state index is 12.6. The van der Waals surface area contributed by atoms with Gasteiger partial charge in [-0.15, -0.1) is 0 Å². The molecule has 3 rings (SSSR count). The number of hydrogen-bond acceptors (Lipinski definition) is 3. The van der Waals surface area contributed by atoms with Gasteiger partial charge in [-0.2, -0.15) is 0 Å². The standard InChI is InChI=1S/C24H31N3O2S/c1-3-4-5-6-7-13-18-30(28,29)27-22-17-12-11-16-21(22)23-19(2)25-24(26-23)20-14-9-8-10-15-20/h8-12,14-17,27H,3-7,13,18H2,1-2H3,(H,25,26). The monoisotopic (exact) mass is 425 g/mol. The topological polar surface area (TPSA) is 74.8 Å². The molecule has 0 saturated heterocycles. The van der Waals surface area contributed by atoms with Gasteiger partial charge in [0.25, 0.3) is 0 Å². The summed E-state index contributed by atoms with van der Waals surface area (Å²) < 4.78 is 28.1. The lowest BCUT2D eigenvalue weighted by Crippen LogP contribution is -2.17. The van der Waals surface area contributed by atoms with Crippen molar-refractivity contribution in [3.8, 4) is 22.6 Å². The Morgan fingerprint density at radius 2 is 1.57 bits per heavy atom. The molecule has 2 aromatic carbocycles. The van der Waals surface area contributed by atoms with Gasteiger partial charge in [-0.25, -0.2) is 13.4 Å². The summed E-state index contributed by atoms with van der Waals surface area (Å²) in [7, 11) is -3.40. The van der Waals surface area contributed by atoms with Crippen LogP contribution < -0.4 is 4.72 Å². The largest absolute Gasteiger partial charge is 0.342 e. The highest BCUT2D eigenvalue weighted by molar-refractivity contribution is 7.92. The lowest BCUT2D eigenvalue weighted by atomic mass is 10.1. The molecule has 0 bridgehead atoms. The van der Waals surface area contributed by atoms with Gasteiger partial charge in [0.05, 0.1) is 17.1 Å². The lowest BCUT2D eigenvalue weighted by Gasteiger charge is -2.12. The Bertz CT molecular complexity index is 1040. The third-order valence-corrected chi connectivity index (χ3v) is 6.50. The number of aromatic amines is 1. The number of rotatable bonds is 11. The summed E-state index contributed by atoms with van der Waals surface area (Å²) in [4.78, 5) is 8.07. The van der Waals surface area contributed by atoms with Crippen molar-refractivity contribution < 1.29 is 8.42 Å². The summed E-state index contributed by atoms with van der Waals surface area (Å²) >= 11 is 0. The number of aryl methyl sites for hydroxylation is 1. The normalized spacial score (nSPS) is 11.5. The average molecular weight is 426 g/mol. The summed E-state index contributed by atoms with van der Waals surface area (Å²) in [5, 5.41) is 0. The quantitative estimate of drug-likeness (QED) is 0.362. The van der Waals surface area contributed by atoms with Crippen LogP contribution in [-0.2, 0) is 10.0 Å². The number of hydrogen-bond donors (Lipinski definition) is 2. The van der Waals surface area contributed by atoms with Gasteiger partial charge in [0.1, 0.15) is 5.82 Å². The molecular formula is C24H31N3O2S. The second-order valence-electron chi connectivity index (χ2n) is 7.66. The molecule has 1 aromatic heterocycles. The van der Waals surface area contributed by atoms with Crippen LogP contribution in [0.4, 0.5) is 5.69 Å². The zero-order valence-electron chi connectivity index (χ0n) is 17.8. The predicted molar refractivity (Wildman–Crippen MR) is 125 cm³/mol. The van der Waals surface area contributed by atoms with Gasteiger partial charge < -0.3 is 4.98 Å². The number of aromatic nitrogens is 2. The van der Waals surface area contributed by atoms with Crippen LogP contribution in [0.25, 0.3) is 22.6 Å². The molecule has 1 heterocycles. The zero-order valence-corrected chi connectivity index (χ0v) is 18.6. The summed E-state index contributed by atoms with van der Waals surface area (Å²) in [6.07, 6.45) is 6.30. The summed E-state index contributed by atoms with van der Waals surface area (Å²) in [6.45, 7) is 4.13. The number of nitrogens with zero attached hydrogens (tertiary/aromatic N) is 1. The highest BCUT2D eigenvalue weighted by Crippen LogP contribution is 2.31. The molecule has 3 aromatic rings. The van der Waals surface area contributed by atoms with Crippen LogP contribution in [0.15, 0.2) is 54.6 Å². The average Bonchev–Trinajstić information content (AvgIpc) is 3.13. The Hall–Kier alpha value is -2.60.